The van der Waals surface area contributed by atoms with E-state index in [9.17, 15) is 14.9 Å². The molecular formula is C24H26N2O4. The molecule has 6 nitrogen and oxygen atoms in total. The Morgan fingerprint density at radius 2 is 1.93 bits per heavy atom. The first-order chi connectivity index (χ1) is 14.6. The number of ether oxygens (including phenoxy) is 2. The fourth-order valence-corrected chi connectivity index (χ4v) is 3.96. The quantitative estimate of drug-likeness (QED) is 0.646. The van der Waals surface area contributed by atoms with Gasteiger partial charge in [0.05, 0.1) is 20.3 Å². The molecule has 1 aliphatic rings. The summed E-state index contributed by atoms with van der Waals surface area (Å²) in [5.74, 6) is -0.790. The van der Waals surface area contributed by atoms with Crippen molar-refractivity contribution in [3.63, 3.8) is 0 Å². The van der Waals surface area contributed by atoms with Crippen molar-refractivity contribution in [2.75, 3.05) is 20.8 Å². The number of ketones is 1. The summed E-state index contributed by atoms with van der Waals surface area (Å²) in [6.07, 6.45) is 2.58. The molecule has 0 radical (unpaired) electrons. The number of hydrogen-bond donors (Lipinski definition) is 1. The van der Waals surface area contributed by atoms with Gasteiger partial charge < -0.3 is 14.8 Å². The summed E-state index contributed by atoms with van der Waals surface area (Å²) < 4.78 is 10.5. The monoisotopic (exact) mass is 406 g/mol. The van der Waals surface area contributed by atoms with E-state index in [1.165, 1.54) is 5.56 Å². The van der Waals surface area contributed by atoms with E-state index in [2.05, 4.69) is 11.4 Å². The molecule has 0 spiro atoms. The normalized spacial score (nSPS) is 15.6. The fourth-order valence-electron chi connectivity index (χ4n) is 3.96. The van der Waals surface area contributed by atoms with Gasteiger partial charge in [-0.05, 0) is 54.0 Å². The molecule has 2 aromatic rings. The van der Waals surface area contributed by atoms with Gasteiger partial charge in [0, 0.05) is 13.0 Å². The lowest BCUT2D eigenvalue weighted by molar-refractivity contribution is -0.131. The van der Waals surface area contributed by atoms with Gasteiger partial charge in [0.2, 0.25) is 5.91 Å². The Hall–Kier alpha value is -3.33. The molecule has 30 heavy (non-hydrogen) atoms. The van der Waals surface area contributed by atoms with Crippen molar-refractivity contribution >= 4 is 11.7 Å². The minimum atomic E-state index is -1.27. The molecule has 0 fully saturated rings. The van der Waals surface area contributed by atoms with E-state index in [4.69, 9.17) is 9.47 Å². The Balaban J connectivity index is 1.54. The van der Waals surface area contributed by atoms with Crippen LogP contribution in [-0.2, 0) is 22.4 Å². The topological polar surface area (TPSA) is 88.4 Å². The maximum absolute atomic E-state index is 12.7. The first-order valence-corrected chi connectivity index (χ1v) is 10.1. The zero-order chi connectivity index (χ0) is 21.5. The van der Waals surface area contributed by atoms with Crippen LogP contribution in [0.15, 0.2) is 42.5 Å². The number of rotatable bonds is 9. The summed E-state index contributed by atoms with van der Waals surface area (Å²) in [7, 11) is 3.14. The third kappa shape index (κ3) is 4.80. The largest absolute Gasteiger partial charge is 0.493 e. The number of hydrogen-bond acceptors (Lipinski definition) is 5. The average molecular weight is 406 g/mol. The van der Waals surface area contributed by atoms with Crippen LogP contribution in [0.25, 0.3) is 0 Å². The van der Waals surface area contributed by atoms with Gasteiger partial charge in [0.25, 0.3) is 0 Å². The zero-order valence-corrected chi connectivity index (χ0v) is 17.3. The van der Waals surface area contributed by atoms with Crippen molar-refractivity contribution < 1.29 is 19.1 Å². The van der Waals surface area contributed by atoms with E-state index in [1.807, 2.05) is 36.4 Å². The number of fused-ring (bicyclic) bond motifs is 1. The number of aryl methyl sites for hydroxylation is 1. The molecule has 1 aliphatic carbocycles. The maximum atomic E-state index is 12.7. The van der Waals surface area contributed by atoms with Gasteiger partial charge in [0.1, 0.15) is 0 Å². The van der Waals surface area contributed by atoms with Crippen molar-refractivity contribution in [1.29, 1.82) is 5.26 Å². The second-order valence-corrected chi connectivity index (χ2v) is 7.40. The predicted octanol–water partition coefficient (Wildman–Crippen LogP) is 3.19. The molecule has 2 unspecified atom stereocenters. The van der Waals surface area contributed by atoms with Gasteiger partial charge in [-0.25, -0.2) is 0 Å². The van der Waals surface area contributed by atoms with E-state index >= 15 is 0 Å². The summed E-state index contributed by atoms with van der Waals surface area (Å²) in [5.41, 5.74) is 3.37. The predicted molar refractivity (Wildman–Crippen MR) is 112 cm³/mol. The van der Waals surface area contributed by atoms with Gasteiger partial charge >= 0.3 is 0 Å². The van der Waals surface area contributed by atoms with E-state index in [0.717, 1.165) is 24.0 Å². The van der Waals surface area contributed by atoms with Crippen LogP contribution in [-0.4, -0.2) is 32.5 Å². The first-order valence-electron chi connectivity index (χ1n) is 10.1. The lowest BCUT2D eigenvalue weighted by Gasteiger charge is -2.14. The highest BCUT2D eigenvalue weighted by molar-refractivity contribution is 6.04. The van der Waals surface area contributed by atoms with Crippen LogP contribution in [0.5, 0.6) is 11.5 Å². The molecule has 0 aliphatic heterocycles. The second kappa shape index (κ2) is 9.93. The minimum absolute atomic E-state index is 0.0871. The van der Waals surface area contributed by atoms with Crippen molar-refractivity contribution in [3.8, 4) is 17.6 Å². The molecule has 2 aromatic carbocycles. The molecule has 2 atom stereocenters. The van der Waals surface area contributed by atoms with Gasteiger partial charge in [-0.1, -0.05) is 30.3 Å². The smallest absolute Gasteiger partial charge is 0.245 e. The second-order valence-electron chi connectivity index (χ2n) is 7.40. The fraction of sp³-hybridized carbons (Fsp3) is 0.375. The number of nitrogens with one attached hydrogen (secondary N) is 1. The SMILES string of the molecule is COc1ccc(CCNC(=O)C(C#N)C(=O)CC2CCc3ccccc32)cc1OC. The Morgan fingerprint density at radius 1 is 1.17 bits per heavy atom. The summed E-state index contributed by atoms with van der Waals surface area (Å²) in [6, 6.07) is 15.5. The third-order valence-corrected chi connectivity index (χ3v) is 5.58. The minimum Gasteiger partial charge on any atom is -0.493 e. The summed E-state index contributed by atoms with van der Waals surface area (Å²) >= 11 is 0. The number of methoxy groups -OCH3 is 2. The number of amides is 1. The Bertz CT molecular complexity index is 964. The van der Waals surface area contributed by atoms with E-state index in [-0.39, 0.29) is 18.1 Å². The standard InChI is InChI=1S/C24H26N2O4/c1-29-22-10-7-16(13-23(22)30-2)11-12-26-24(28)20(15-25)21(27)14-18-9-8-17-5-3-4-6-19(17)18/h3-7,10,13,18,20H,8-9,11-12,14H2,1-2H3,(H,26,28). The molecular weight excluding hydrogens is 380 g/mol. The van der Waals surface area contributed by atoms with E-state index < -0.39 is 11.8 Å². The van der Waals surface area contributed by atoms with Crippen LogP contribution in [0.4, 0.5) is 0 Å². The molecule has 0 saturated heterocycles. The highest BCUT2D eigenvalue weighted by Gasteiger charge is 2.31. The maximum Gasteiger partial charge on any atom is 0.245 e. The Kier molecular flexibility index (Phi) is 7.08. The van der Waals surface area contributed by atoms with Crippen LogP contribution in [0, 0.1) is 17.2 Å². The average Bonchev–Trinajstić information content (AvgIpc) is 3.17. The molecule has 0 heterocycles. The van der Waals surface area contributed by atoms with Crippen molar-refractivity contribution in [2.45, 2.75) is 31.6 Å². The molecule has 156 valence electrons. The number of carbonyl (C=O) groups excluding carboxylic acids is 2. The van der Waals surface area contributed by atoms with Crippen LogP contribution in [0.3, 0.4) is 0 Å². The molecule has 1 N–H and O–H groups in total. The number of nitrogens with zero attached hydrogens (tertiary/aromatic N) is 1. The summed E-state index contributed by atoms with van der Waals surface area (Å²) in [4.78, 5) is 25.1. The van der Waals surface area contributed by atoms with Crippen molar-refractivity contribution in [3.05, 3.63) is 59.2 Å². The van der Waals surface area contributed by atoms with Crippen molar-refractivity contribution in [1.82, 2.24) is 5.32 Å². The molecule has 0 aromatic heterocycles. The number of benzene rings is 2. The van der Waals surface area contributed by atoms with E-state index in [1.54, 1.807) is 20.3 Å². The van der Waals surface area contributed by atoms with Crippen LogP contribution in [0.1, 0.15) is 35.4 Å². The van der Waals surface area contributed by atoms with Gasteiger partial charge in [-0.15, -0.1) is 0 Å². The Morgan fingerprint density at radius 3 is 2.67 bits per heavy atom. The molecule has 3 rings (SSSR count). The highest BCUT2D eigenvalue weighted by Crippen LogP contribution is 2.36. The summed E-state index contributed by atoms with van der Waals surface area (Å²) in [5, 5.41) is 12.1. The molecule has 6 heteroatoms. The lowest BCUT2D eigenvalue weighted by Crippen LogP contribution is -2.36. The van der Waals surface area contributed by atoms with Crippen molar-refractivity contribution in [2.24, 2.45) is 5.92 Å². The number of nitriles is 1. The lowest BCUT2D eigenvalue weighted by atomic mass is 9.90. The third-order valence-electron chi connectivity index (χ3n) is 5.58. The first kappa shape index (κ1) is 21.4. The summed E-state index contributed by atoms with van der Waals surface area (Å²) in [6.45, 7) is 0.325. The van der Waals surface area contributed by atoms with Crippen LogP contribution >= 0.6 is 0 Å². The number of carbonyl (C=O) groups is 2. The number of Topliss-reactive ketones (excluding diaryl/α,β-unsaturated/α-hetero) is 1. The Labute approximate surface area is 176 Å². The highest BCUT2D eigenvalue weighted by atomic mass is 16.5. The van der Waals surface area contributed by atoms with Gasteiger partial charge in [0.15, 0.2) is 23.2 Å². The molecule has 1 amide bonds. The van der Waals surface area contributed by atoms with Crippen LogP contribution < -0.4 is 14.8 Å². The molecule has 0 saturated carbocycles. The zero-order valence-electron chi connectivity index (χ0n) is 17.3. The van der Waals surface area contributed by atoms with E-state index in [0.29, 0.717) is 24.5 Å². The van der Waals surface area contributed by atoms with Gasteiger partial charge in [-0.2, -0.15) is 5.26 Å². The molecule has 0 bridgehead atoms. The van der Waals surface area contributed by atoms with Gasteiger partial charge in [-0.3, -0.25) is 9.59 Å². The van der Waals surface area contributed by atoms with Crippen LogP contribution in [0.2, 0.25) is 0 Å².